The Morgan fingerprint density at radius 3 is 2.60 bits per heavy atom. The molecule has 4 heterocycles. The zero-order valence-corrected chi connectivity index (χ0v) is 12.8. The van der Waals surface area contributed by atoms with Crippen LogP contribution in [0.4, 0.5) is 5.82 Å². The van der Waals surface area contributed by atoms with Gasteiger partial charge in [0.25, 0.3) is 0 Å². The van der Waals surface area contributed by atoms with E-state index in [1.807, 2.05) is 0 Å². The number of rotatable bonds is 1. The molecule has 0 aliphatic carbocycles. The van der Waals surface area contributed by atoms with Crippen molar-refractivity contribution in [3.63, 3.8) is 0 Å². The van der Waals surface area contributed by atoms with Gasteiger partial charge in [0.05, 0.1) is 5.39 Å². The second-order valence-corrected chi connectivity index (χ2v) is 7.39. The molecule has 106 valence electrons. The Hall–Kier alpha value is -1.20. The summed E-state index contributed by atoms with van der Waals surface area (Å²) in [5.74, 6) is 1.15. The van der Waals surface area contributed by atoms with Gasteiger partial charge in [-0.3, -0.25) is 0 Å². The Bertz CT molecular complexity index is 651. The molecular formula is C15H20N4S. The van der Waals surface area contributed by atoms with Gasteiger partial charge >= 0.3 is 0 Å². The van der Waals surface area contributed by atoms with E-state index in [1.54, 1.807) is 17.7 Å². The number of fused-ring (bicyclic) bond motifs is 3. The molecule has 2 aliphatic rings. The second-order valence-electron chi connectivity index (χ2n) is 6.18. The molecule has 0 amide bonds. The quantitative estimate of drug-likeness (QED) is 0.876. The van der Waals surface area contributed by atoms with Gasteiger partial charge in [-0.15, -0.1) is 11.3 Å². The smallest absolute Gasteiger partial charge is 0.141 e. The van der Waals surface area contributed by atoms with Gasteiger partial charge in [-0.1, -0.05) is 0 Å². The Kier molecular flexibility index (Phi) is 2.76. The maximum Gasteiger partial charge on any atom is 0.141 e. The molecule has 0 radical (unpaired) electrons. The highest BCUT2D eigenvalue weighted by molar-refractivity contribution is 7.18. The van der Waals surface area contributed by atoms with Gasteiger partial charge in [0.15, 0.2) is 0 Å². The van der Waals surface area contributed by atoms with Crippen LogP contribution in [-0.2, 0) is 0 Å². The van der Waals surface area contributed by atoms with E-state index in [9.17, 15) is 0 Å². The minimum absolute atomic E-state index is 0.367. The third-order valence-corrected chi connectivity index (χ3v) is 6.07. The summed E-state index contributed by atoms with van der Waals surface area (Å²) in [7, 11) is 0. The predicted octanol–water partition coefficient (Wildman–Crippen LogP) is 2.77. The van der Waals surface area contributed by atoms with Gasteiger partial charge in [0, 0.05) is 23.0 Å². The summed E-state index contributed by atoms with van der Waals surface area (Å²) in [6.07, 6.45) is 6.44. The van der Waals surface area contributed by atoms with Crippen molar-refractivity contribution in [1.29, 1.82) is 0 Å². The van der Waals surface area contributed by atoms with Gasteiger partial charge in [-0.2, -0.15) is 0 Å². The molecule has 2 aromatic rings. The summed E-state index contributed by atoms with van der Waals surface area (Å²) in [5, 5.41) is 1.27. The van der Waals surface area contributed by atoms with Crippen molar-refractivity contribution in [2.24, 2.45) is 5.73 Å². The number of nitrogens with zero attached hydrogens (tertiary/aromatic N) is 3. The summed E-state index contributed by atoms with van der Waals surface area (Å²) >= 11 is 1.78. The lowest BCUT2D eigenvalue weighted by Gasteiger charge is -2.38. The van der Waals surface area contributed by atoms with Crippen LogP contribution < -0.4 is 10.6 Å². The number of hydrogen-bond acceptors (Lipinski definition) is 5. The topological polar surface area (TPSA) is 55.0 Å². The Labute approximate surface area is 123 Å². The first-order valence-electron chi connectivity index (χ1n) is 7.39. The summed E-state index contributed by atoms with van der Waals surface area (Å²) in [6, 6.07) is 1.51. The Morgan fingerprint density at radius 1 is 1.20 bits per heavy atom. The maximum atomic E-state index is 6.19. The average Bonchev–Trinajstić information content (AvgIpc) is 2.85. The SMILES string of the molecule is Cc1sc2ncnc(N3C4CCC3CC(N)C4)c2c1C. The molecule has 0 saturated carbocycles. The fraction of sp³-hybridized carbons (Fsp3) is 0.600. The van der Waals surface area contributed by atoms with E-state index < -0.39 is 0 Å². The normalized spacial score (nSPS) is 29.4. The number of piperidine rings is 1. The van der Waals surface area contributed by atoms with Gasteiger partial charge in [0.1, 0.15) is 17.0 Å². The Morgan fingerprint density at radius 2 is 1.90 bits per heavy atom. The van der Waals surface area contributed by atoms with Crippen LogP contribution in [0.5, 0.6) is 0 Å². The molecule has 20 heavy (non-hydrogen) atoms. The number of anilines is 1. The van der Waals surface area contributed by atoms with Gasteiger partial charge in [-0.05, 0) is 45.1 Å². The zero-order chi connectivity index (χ0) is 13.9. The first-order chi connectivity index (χ1) is 9.65. The van der Waals surface area contributed by atoms with Crippen molar-refractivity contribution in [3.8, 4) is 0 Å². The molecule has 2 unspecified atom stereocenters. The first-order valence-corrected chi connectivity index (χ1v) is 8.21. The van der Waals surface area contributed by atoms with Gasteiger partial charge in [-0.25, -0.2) is 9.97 Å². The summed E-state index contributed by atoms with van der Waals surface area (Å²) in [6.45, 7) is 4.37. The van der Waals surface area contributed by atoms with E-state index in [1.165, 1.54) is 28.7 Å². The third kappa shape index (κ3) is 1.69. The van der Waals surface area contributed by atoms with Crippen LogP contribution in [0.25, 0.3) is 10.2 Å². The van der Waals surface area contributed by atoms with Crippen LogP contribution in [0.15, 0.2) is 6.33 Å². The molecule has 0 aromatic carbocycles. The molecule has 2 atom stereocenters. The predicted molar refractivity (Wildman–Crippen MR) is 83.4 cm³/mol. The first kappa shape index (κ1) is 12.5. The van der Waals surface area contributed by atoms with E-state index >= 15 is 0 Å². The van der Waals surface area contributed by atoms with E-state index in [0.717, 1.165) is 23.5 Å². The van der Waals surface area contributed by atoms with Gasteiger partial charge in [0.2, 0.25) is 0 Å². The molecule has 5 heteroatoms. The second kappa shape index (κ2) is 4.40. The van der Waals surface area contributed by atoms with Crippen LogP contribution in [-0.4, -0.2) is 28.1 Å². The maximum absolute atomic E-state index is 6.19. The number of hydrogen-bond donors (Lipinski definition) is 1. The highest BCUT2D eigenvalue weighted by atomic mass is 32.1. The van der Waals surface area contributed by atoms with E-state index in [2.05, 4.69) is 28.7 Å². The van der Waals surface area contributed by atoms with Crippen molar-refractivity contribution in [2.75, 3.05) is 4.90 Å². The van der Waals surface area contributed by atoms with Crippen LogP contribution >= 0.6 is 11.3 Å². The van der Waals surface area contributed by atoms with Crippen LogP contribution in [0, 0.1) is 13.8 Å². The van der Waals surface area contributed by atoms with Crippen LogP contribution in [0.3, 0.4) is 0 Å². The van der Waals surface area contributed by atoms with E-state index in [-0.39, 0.29) is 0 Å². The molecular weight excluding hydrogens is 268 g/mol. The molecule has 2 aliphatic heterocycles. The lowest BCUT2D eigenvalue weighted by molar-refractivity contribution is 0.413. The lowest BCUT2D eigenvalue weighted by Crippen LogP contribution is -2.48. The largest absolute Gasteiger partial charge is 0.350 e. The van der Waals surface area contributed by atoms with Crippen molar-refractivity contribution in [2.45, 2.75) is 57.7 Å². The van der Waals surface area contributed by atoms with Crippen LogP contribution in [0.1, 0.15) is 36.1 Å². The lowest BCUT2D eigenvalue weighted by atomic mass is 9.97. The highest BCUT2D eigenvalue weighted by Crippen LogP contribution is 2.42. The molecule has 2 bridgehead atoms. The minimum Gasteiger partial charge on any atom is -0.350 e. The van der Waals surface area contributed by atoms with Crippen molar-refractivity contribution in [3.05, 3.63) is 16.8 Å². The van der Waals surface area contributed by atoms with Crippen molar-refractivity contribution < 1.29 is 0 Å². The summed E-state index contributed by atoms with van der Waals surface area (Å²) in [4.78, 5) is 14.1. The standard InChI is InChI=1S/C15H20N4S/c1-8-9(2)20-15-13(8)14(17-7-18-15)19-11-3-4-12(19)6-10(16)5-11/h7,10-12H,3-6,16H2,1-2H3. The number of aryl methyl sites for hydroxylation is 2. The molecule has 4 nitrogen and oxygen atoms in total. The highest BCUT2D eigenvalue weighted by Gasteiger charge is 2.41. The summed E-state index contributed by atoms with van der Waals surface area (Å²) in [5.41, 5.74) is 7.53. The van der Waals surface area contributed by atoms with Gasteiger partial charge < -0.3 is 10.6 Å². The van der Waals surface area contributed by atoms with E-state index in [0.29, 0.717) is 18.1 Å². The third-order valence-electron chi connectivity index (χ3n) is 4.96. The number of thiophene rings is 1. The van der Waals surface area contributed by atoms with E-state index in [4.69, 9.17) is 5.73 Å². The number of aromatic nitrogens is 2. The fourth-order valence-corrected chi connectivity index (χ4v) is 4.92. The fourth-order valence-electron chi connectivity index (χ4n) is 3.92. The molecule has 2 N–H and O–H groups in total. The molecule has 4 rings (SSSR count). The van der Waals surface area contributed by atoms with Crippen molar-refractivity contribution >= 4 is 27.4 Å². The molecule has 2 saturated heterocycles. The van der Waals surface area contributed by atoms with Crippen molar-refractivity contribution in [1.82, 2.24) is 9.97 Å². The number of nitrogens with two attached hydrogens (primary N) is 1. The average molecular weight is 288 g/mol. The monoisotopic (exact) mass is 288 g/mol. The zero-order valence-electron chi connectivity index (χ0n) is 12.0. The minimum atomic E-state index is 0.367. The summed E-state index contributed by atoms with van der Waals surface area (Å²) < 4.78 is 0. The molecule has 2 fully saturated rings. The van der Waals surface area contributed by atoms with Crippen LogP contribution in [0.2, 0.25) is 0 Å². The molecule has 2 aromatic heterocycles. The molecule has 0 spiro atoms. The Balaban J connectivity index is 1.87.